The van der Waals surface area contributed by atoms with Crippen molar-refractivity contribution in [2.75, 3.05) is 21.3 Å². The van der Waals surface area contributed by atoms with Gasteiger partial charge in [-0.3, -0.25) is 0 Å². The third kappa shape index (κ3) is 3.06. The van der Waals surface area contributed by atoms with Gasteiger partial charge in [-0.05, 0) is 6.92 Å². The summed E-state index contributed by atoms with van der Waals surface area (Å²) in [6, 6.07) is 3.50. The first-order valence-corrected chi connectivity index (χ1v) is 5.25. The number of benzene rings is 1. The summed E-state index contributed by atoms with van der Waals surface area (Å²) in [5, 5.41) is 0. The molecule has 1 aromatic rings. The maximum Gasteiger partial charge on any atom is 0.203 e. The van der Waals surface area contributed by atoms with Crippen molar-refractivity contribution in [3.8, 4) is 23.0 Å². The van der Waals surface area contributed by atoms with Crippen LogP contribution in [0.5, 0.6) is 23.0 Å². The van der Waals surface area contributed by atoms with Crippen LogP contribution in [0.25, 0.3) is 0 Å². The summed E-state index contributed by atoms with van der Waals surface area (Å²) in [5.74, 6) is 2.33. The standard InChI is InChI=1S/C13H18O4/c1-6-9(2)17-10-7-11(14-3)13(16-5)12(8-10)15-4/h6-9H,1H2,2-5H3. The quantitative estimate of drug-likeness (QED) is 0.714. The minimum absolute atomic E-state index is 0.0854. The Hall–Kier alpha value is -1.84. The second kappa shape index (κ2) is 6.03. The first kappa shape index (κ1) is 13.2. The molecule has 0 saturated heterocycles. The number of rotatable bonds is 6. The van der Waals surface area contributed by atoms with Crippen LogP contribution in [0, 0.1) is 0 Å². The molecule has 0 amide bonds. The largest absolute Gasteiger partial charge is 0.493 e. The van der Waals surface area contributed by atoms with Crippen LogP contribution in [0.4, 0.5) is 0 Å². The van der Waals surface area contributed by atoms with Gasteiger partial charge in [0, 0.05) is 12.1 Å². The highest BCUT2D eigenvalue weighted by atomic mass is 16.5. The molecule has 4 nitrogen and oxygen atoms in total. The summed E-state index contributed by atoms with van der Waals surface area (Å²) < 4.78 is 21.3. The number of hydrogen-bond donors (Lipinski definition) is 0. The molecule has 1 unspecified atom stereocenters. The third-order valence-electron chi connectivity index (χ3n) is 2.29. The molecule has 0 radical (unpaired) electrons. The first-order chi connectivity index (χ1) is 8.15. The average Bonchev–Trinajstić information content (AvgIpc) is 2.37. The van der Waals surface area contributed by atoms with E-state index in [-0.39, 0.29) is 6.10 Å². The summed E-state index contributed by atoms with van der Waals surface area (Å²) in [4.78, 5) is 0. The van der Waals surface area contributed by atoms with Crippen LogP contribution in [0.15, 0.2) is 24.8 Å². The van der Waals surface area contributed by atoms with Crippen LogP contribution in [0.2, 0.25) is 0 Å². The van der Waals surface area contributed by atoms with Crippen molar-refractivity contribution in [1.29, 1.82) is 0 Å². The van der Waals surface area contributed by atoms with E-state index in [1.165, 1.54) is 0 Å². The zero-order chi connectivity index (χ0) is 12.8. The summed E-state index contributed by atoms with van der Waals surface area (Å²) in [7, 11) is 4.70. The van der Waals surface area contributed by atoms with E-state index in [0.29, 0.717) is 23.0 Å². The highest BCUT2D eigenvalue weighted by Gasteiger charge is 2.14. The lowest BCUT2D eigenvalue weighted by molar-refractivity contribution is 0.263. The van der Waals surface area contributed by atoms with E-state index in [2.05, 4.69) is 6.58 Å². The fourth-order valence-electron chi connectivity index (χ4n) is 1.39. The van der Waals surface area contributed by atoms with Gasteiger partial charge < -0.3 is 18.9 Å². The molecule has 0 heterocycles. The Morgan fingerprint density at radius 1 is 1.06 bits per heavy atom. The van der Waals surface area contributed by atoms with E-state index in [1.807, 2.05) is 6.92 Å². The maximum absolute atomic E-state index is 5.61. The molecule has 0 aromatic heterocycles. The van der Waals surface area contributed by atoms with E-state index >= 15 is 0 Å². The van der Waals surface area contributed by atoms with Crippen molar-refractivity contribution in [3.63, 3.8) is 0 Å². The van der Waals surface area contributed by atoms with Gasteiger partial charge in [0.2, 0.25) is 5.75 Å². The molecule has 0 fully saturated rings. The van der Waals surface area contributed by atoms with Gasteiger partial charge in [0.05, 0.1) is 21.3 Å². The zero-order valence-corrected chi connectivity index (χ0v) is 10.6. The molecule has 0 aliphatic rings. The predicted molar refractivity (Wildman–Crippen MR) is 66.4 cm³/mol. The van der Waals surface area contributed by atoms with Gasteiger partial charge >= 0.3 is 0 Å². The van der Waals surface area contributed by atoms with E-state index in [9.17, 15) is 0 Å². The fourth-order valence-corrected chi connectivity index (χ4v) is 1.39. The Bertz CT molecular complexity index is 362. The third-order valence-corrected chi connectivity index (χ3v) is 2.29. The van der Waals surface area contributed by atoms with E-state index < -0.39 is 0 Å². The Balaban J connectivity index is 3.12. The van der Waals surface area contributed by atoms with Crippen LogP contribution in [0.3, 0.4) is 0 Å². The molecule has 0 saturated carbocycles. The lowest BCUT2D eigenvalue weighted by Crippen LogP contribution is -2.07. The molecule has 0 aliphatic carbocycles. The minimum Gasteiger partial charge on any atom is -0.493 e. The van der Waals surface area contributed by atoms with Crippen molar-refractivity contribution in [1.82, 2.24) is 0 Å². The fraction of sp³-hybridized carbons (Fsp3) is 0.385. The van der Waals surface area contributed by atoms with E-state index in [4.69, 9.17) is 18.9 Å². The summed E-state index contributed by atoms with van der Waals surface area (Å²) >= 11 is 0. The maximum atomic E-state index is 5.61. The van der Waals surface area contributed by atoms with Gasteiger partial charge in [0.25, 0.3) is 0 Å². The molecule has 0 aliphatic heterocycles. The topological polar surface area (TPSA) is 36.9 Å². The number of methoxy groups -OCH3 is 3. The van der Waals surface area contributed by atoms with Gasteiger partial charge in [-0.1, -0.05) is 12.7 Å². The van der Waals surface area contributed by atoms with Gasteiger partial charge in [-0.25, -0.2) is 0 Å². The Labute approximate surface area is 102 Å². The molecular formula is C13H18O4. The SMILES string of the molecule is C=CC(C)Oc1cc(OC)c(OC)c(OC)c1. The molecular weight excluding hydrogens is 220 g/mol. The molecule has 1 rings (SSSR count). The number of ether oxygens (including phenoxy) is 4. The highest BCUT2D eigenvalue weighted by molar-refractivity contribution is 5.55. The Morgan fingerprint density at radius 2 is 1.59 bits per heavy atom. The minimum atomic E-state index is -0.0854. The monoisotopic (exact) mass is 238 g/mol. The molecule has 94 valence electrons. The lowest BCUT2D eigenvalue weighted by Gasteiger charge is -2.16. The van der Waals surface area contributed by atoms with Crippen LogP contribution in [0.1, 0.15) is 6.92 Å². The summed E-state index contributed by atoms with van der Waals surface area (Å²) in [6.45, 7) is 5.56. The van der Waals surface area contributed by atoms with Crippen molar-refractivity contribution in [2.24, 2.45) is 0 Å². The van der Waals surface area contributed by atoms with Crippen LogP contribution in [-0.2, 0) is 0 Å². The molecule has 17 heavy (non-hydrogen) atoms. The molecule has 1 atom stereocenters. The molecule has 0 N–H and O–H groups in total. The molecule has 0 spiro atoms. The Kier molecular flexibility index (Phi) is 4.69. The lowest BCUT2D eigenvalue weighted by atomic mass is 10.2. The van der Waals surface area contributed by atoms with Crippen molar-refractivity contribution in [2.45, 2.75) is 13.0 Å². The second-order valence-corrected chi connectivity index (χ2v) is 3.42. The molecule has 4 heteroatoms. The van der Waals surface area contributed by atoms with E-state index in [1.54, 1.807) is 39.5 Å². The van der Waals surface area contributed by atoms with Gasteiger partial charge in [0.1, 0.15) is 11.9 Å². The van der Waals surface area contributed by atoms with Gasteiger partial charge in [-0.2, -0.15) is 0 Å². The number of hydrogen-bond acceptors (Lipinski definition) is 4. The Morgan fingerprint density at radius 3 is 1.94 bits per heavy atom. The van der Waals surface area contributed by atoms with Crippen molar-refractivity contribution < 1.29 is 18.9 Å². The van der Waals surface area contributed by atoms with Crippen molar-refractivity contribution in [3.05, 3.63) is 24.8 Å². The van der Waals surface area contributed by atoms with Gasteiger partial charge in [-0.15, -0.1) is 0 Å². The second-order valence-electron chi connectivity index (χ2n) is 3.42. The van der Waals surface area contributed by atoms with Crippen LogP contribution in [-0.4, -0.2) is 27.4 Å². The smallest absolute Gasteiger partial charge is 0.203 e. The summed E-state index contributed by atoms with van der Waals surface area (Å²) in [5.41, 5.74) is 0. The zero-order valence-electron chi connectivity index (χ0n) is 10.6. The predicted octanol–water partition coefficient (Wildman–Crippen LogP) is 2.67. The summed E-state index contributed by atoms with van der Waals surface area (Å²) in [6.07, 6.45) is 1.63. The van der Waals surface area contributed by atoms with Crippen molar-refractivity contribution >= 4 is 0 Å². The van der Waals surface area contributed by atoms with Crippen LogP contribution < -0.4 is 18.9 Å². The molecule has 1 aromatic carbocycles. The normalized spacial score (nSPS) is 11.5. The first-order valence-electron chi connectivity index (χ1n) is 5.25. The van der Waals surface area contributed by atoms with Gasteiger partial charge in [0.15, 0.2) is 11.5 Å². The molecule has 0 bridgehead atoms. The van der Waals surface area contributed by atoms with Crippen LogP contribution >= 0.6 is 0 Å². The van der Waals surface area contributed by atoms with E-state index in [0.717, 1.165) is 0 Å². The highest BCUT2D eigenvalue weighted by Crippen LogP contribution is 2.40. The average molecular weight is 238 g/mol.